The number of carboxylic acids is 1. The van der Waals surface area contributed by atoms with Gasteiger partial charge in [0, 0.05) is 19.8 Å². The predicted octanol–water partition coefficient (Wildman–Crippen LogP) is 1.29. The maximum atomic E-state index is 11.4. The fraction of sp³-hybridized carbons (Fsp3) is 0.273. The van der Waals surface area contributed by atoms with Gasteiger partial charge in [-0.15, -0.1) is 0 Å². The van der Waals surface area contributed by atoms with Crippen LogP contribution < -0.4 is 10.7 Å². The van der Waals surface area contributed by atoms with E-state index in [0.29, 0.717) is 11.3 Å². The molecular weight excluding hydrogens is 222 g/mol. The number of nitrogens with zero attached hydrogens (tertiary/aromatic N) is 1. The van der Waals surface area contributed by atoms with E-state index in [1.165, 1.54) is 11.1 Å². The summed E-state index contributed by atoms with van der Waals surface area (Å²) >= 11 is 0. The molecule has 0 atom stereocenters. The van der Waals surface area contributed by atoms with E-state index < -0.39 is 12.0 Å². The van der Waals surface area contributed by atoms with Crippen molar-refractivity contribution in [3.8, 4) is 0 Å². The second-order valence-corrected chi connectivity index (χ2v) is 3.80. The van der Waals surface area contributed by atoms with Crippen LogP contribution in [0.1, 0.15) is 15.9 Å². The summed E-state index contributed by atoms with van der Waals surface area (Å²) in [4.78, 5) is 22.3. The van der Waals surface area contributed by atoms with E-state index in [9.17, 15) is 9.59 Å². The number of urea groups is 1. The van der Waals surface area contributed by atoms with Gasteiger partial charge in [0.15, 0.2) is 0 Å². The molecule has 0 bridgehead atoms. The first-order chi connectivity index (χ1) is 7.90. The van der Waals surface area contributed by atoms with Crippen LogP contribution in [0, 0.1) is 6.92 Å². The number of amides is 2. The molecule has 1 aromatic carbocycles. The van der Waals surface area contributed by atoms with Gasteiger partial charge in [-0.3, -0.25) is 5.43 Å². The first kappa shape index (κ1) is 13.0. The molecule has 1 rings (SSSR count). The van der Waals surface area contributed by atoms with Gasteiger partial charge in [-0.25, -0.2) is 14.6 Å². The zero-order valence-electron chi connectivity index (χ0n) is 9.94. The van der Waals surface area contributed by atoms with Gasteiger partial charge in [0.25, 0.3) is 0 Å². The number of hydrogen-bond acceptors (Lipinski definition) is 3. The van der Waals surface area contributed by atoms with Crippen LogP contribution in [0.4, 0.5) is 10.5 Å². The molecule has 2 amide bonds. The van der Waals surface area contributed by atoms with Crippen molar-refractivity contribution in [3.63, 3.8) is 0 Å². The molecule has 0 heterocycles. The smallest absolute Gasteiger partial charge is 0.336 e. The highest BCUT2D eigenvalue weighted by Gasteiger charge is 2.09. The van der Waals surface area contributed by atoms with Gasteiger partial charge in [-0.05, 0) is 24.6 Å². The zero-order chi connectivity index (χ0) is 13.0. The Morgan fingerprint density at radius 2 is 1.94 bits per heavy atom. The zero-order valence-corrected chi connectivity index (χ0v) is 9.94. The van der Waals surface area contributed by atoms with E-state index in [-0.39, 0.29) is 5.56 Å². The third kappa shape index (κ3) is 3.76. The van der Waals surface area contributed by atoms with Gasteiger partial charge in [-0.1, -0.05) is 6.07 Å². The Kier molecular flexibility index (Phi) is 4.06. The highest BCUT2D eigenvalue weighted by Crippen LogP contribution is 2.15. The minimum atomic E-state index is -1.01. The summed E-state index contributed by atoms with van der Waals surface area (Å²) in [7, 11) is 3.36. The second kappa shape index (κ2) is 5.31. The lowest BCUT2D eigenvalue weighted by atomic mass is 10.1. The van der Waals surface area contributed by atoms with E-state index in [2.05, 4.69) is 10.7 Å². The average Bonchev–Trinajstić information content (AvgIpc) is 2.19. The Hall–Kier alpha value is -2.08. The first-order valence-corrected chi connectivity index (χ1v) is 4.99. The van der Waals surface area contributed by atoms with Crippen LogP contribution in [0.3, 0.4) is 0 Å². The number of rotatable bonds is 3. The second-order valence-electron chi connectivity index (χ2n) is 3.80. The maximum Gasteiger partial charge on any atom is 0.336 e. The quantitative estimate of drug-likeness (QED) is 0.692. The number of aromatic carboxylic acids is 1. The van der Waals surface area contributed by atoms with Crippen LogP contribution in [0.15, 0.2) is 18.2 Å². The lowest BCUT2D eigenvalue weighted by Gasteiger charge is -2.13. The minimum absolute atomic E-state index is 0.174. The Balaban J connectivity index is 2.82. The SMILES string of the molecule is Cc1ccc(NC(=O)NN(C)C)cc1C(=O)O. The van der Waals surface area contributed by atoms with E-state index in [4.69, 9.17) is 5.11 Å². The summed E-state index contributed by atoms with van der Waals surface area (Å²) in [6.07, 6.45) is 0. The lowest BCUT2D eigenvalue weighted by Crippen LogP contribution is -2.39. The van der Waals surface area contributed by atoms with Gasteiger partial charge in [-0.2, -0.15) is 0 Å². The van der Waals surface area contributed by atoms with Crippen molar-refractivity contribution < 1.29 is 14.7 Å². The molecule has 0 unspecified atom stereocenters. The molecule has 6 heteroatoms. The largest absolute Gasteiger partial charge is 0.478 e. The van der Waals surface area contributed by atoms with Gasteiger partial charge in [0.2, 0.25) is 0 Å². The Labute approximate surface area is 99.2 Å². The van der Waals surface area contributed by atoms with Crippen molar-refractivity contribution >= 4 is 17.7 Å². The third-order valence-corrected chi connectivity index (χ3v) is 2.05. The number of hydrogen-bond donors (Lipinski definition) is 3. The van der Waals surface area contributed by atoms with Crippen molar-refractivity contribution in [1.29, 1.82) is 0 Å². The maximum absolute atomic E-state index is 11.4. The number of nitrogens with one attached hydrogen (secondary N) is 2. The van der Waals surface area contributed by atoms with Crippen LogP contribution in [0.25, 0.3) is 0 Å². The molecule has 0 aliphatic carbocycles. The molecule has 0 saturated heterocycles. The fourth-order valence-electron chi connectivity index (χ4n) is 1.29. The Bertz CT molecular complexity index is 444. The standard InChI is InChI=1S/C11H15N3O3/c1-7-4-5-8(6-9(7)10(15)16)12-11(17)13-14(2)3/h4-6H,1-3H3,(H,15,16)(H2,12,13,17). The third-order valence-electron chi connectivity index (χ3n) is 2.05. The number of anilines is 1. The Morgan fingerprint density at radius 3 is 2.47 bits per heavy atom. The number of aryl methyl sites for hydroxylation is 1. The number of carbonyl (C=O) groups is 2. The summed E-state index contributed by atoms with van der Waals surface area (Å²) in [5.41, 5.74) is 3.75. The molecule has 92 valence electrons. The molecule has 0 radical (unpaired) electrons. The number of benzene rings is 1. The molecule has 0 spiro atoms. The molecule has 0 aromatic heterocycles. The number of hydrazine groups is 1. The van der Waals surface area contributed by atoms with E-state index in [0.717, 1.165) is 0 Å². The minimum Gasteiger partial charge on any atom is -0.478 e. The van der Waals surface area contributed by atoms with E-state index in [1.54, 1.807) is 33.2 Å². The van der Waals surface area contributed by atoms with Crippen LogP contribution in [0.2, 0.25) is 0 Å². The normalized spacial score (nSPS) is 10.1. The molecule has 0 aliphatic heterocycles. The van der Waals surface area contributed by atoms with Gasteiger partial charge in [0.05, 0.1) is 5.56 Å². The first-order valence-electron chi connectivity index (χ1n) is 4.99. The highest BCUT2D eigenvalue weighted by atomic mass is 16.4. The molecular formula is C11H15N3O3. The molecule has 1 aromatic rings. The van der Waals surface area contributed by atoms with Crippen molar-refractivity contribution in [2.45, 2.75) is 6.92 Å². The molecule has 0 saturated carbocycles. The van der Waals surface area contributed by atoms with Crippen molar-refractivity contribution in [2.75, 3.05) is 19.4 Å². The highest BCUT2D eigenvalue weighted by molar-refractivity contribution is 5.93. The fourth-order valence-corrected chi connectivity index (χ4v) is 1.29. The van der Waals surface area contributed by atoms with E-state index in [1.807, 2.05) is 0 Å². The number of carboxylic acid groups (broad SMARTS) is 1. The van der Waals surface area contributed by atoms with Crippen molar-refractivity contribution in [1.82, 2.24) is 10.4 Å². The summed E-state index contributed by atoms with van der Waals surface area (Å²) in [6.45, 7) is 1.70. The van der Waals surface area contributed by atoms with Crippen LogP contribution in [-0.4, -0.2) is 36.2 Å². The predicted molar refractivity (Wildman–Crippen MR) is 64.0 cm³/mol. The van der Waals surface area contributed by atoms with Crippen LogP contribution >= 0.6 is 0 Å². The molecule has 17 heavy (non-hydrogen) atoms. The van der Waals surface area contributed by atoms with Crippen molar-refractivity contribution in [2.24, 2.45) is 0 Å². The van der Waals surface area contributed by atoms with Gasteiger partial charge >= 0.3 is 12.0 Å². The monoisotopic (exact) mass is 237 g/mol. The molecule has 0 fully saturated rings. The lowest BCUT2D eigenvalue weighted by molar-refractivity contribution is 0.0696. The van der Waals surface area contributed by atoms with Gasteiger partial charge in [0.1, 0.15) is 0 Å². The van der Waals surface area contributed by atoms with E-state index >= 15 is 0 Å². The van der Waals surface area contributed by atoms with Gasteiger partial charge < -0.3 is 10.4 Å². The topological polar surface area (TPSA) is 81.7 Å². The van der Waals surface area contributed by atoms with Crippen LogP contribution in [-0.2, 0) is 0 Å². The summed E-state index contributed by atoms with van der Waals surface area (Å²) in [6, 6.07) is 4.30. The summed E-state index contributed by atoms with van der Waals surface area (Å²) < 4.78 is 0. The molecule has 6 nitrogen and oxygen atoms in total. The molecule has 0 aliphatic rings. The van der Waals surface area contributed by atoms with Crippen LogP contribution in [0.5, 0.6) is 0 Å². The van der Waals surface area contributed by atoms with Crippen molar-refractivity contribution in [3.05, 3.63) is 29.3 Å². The Morgan fingerprint density at radius 1 is 1.29 bits per heavy atom. The number of carbonyl (C=O) groups excluding carboxylic acids is 1. The summed E-state index contributed by atoms with van der Waals surface area (Å²) in [5.74, 6) is -1.01. The summed E-state index contributed by atoms with van der Waals surface area (Å²) in [5, 5.41) is 13.0. The average molecular weight is 237 g/mol. The molecule has 3 N–H and O–H groups in total.